The minimum atomic E-state index is -0.893. The maximum atomic E-state index is 13.5. The van der Waals surface area contributed by atoms with Crippen LogP contribution in [0.5, 0.6) is 0 Å². The number of rotatable bonds is 7. The van der Waals surface area contributed by atoms with E-state index in [1.54, 1.807) is 27.8 Å². The first-order valence-electron chi connectivity index (χ1n) is 10.4. The molecule has 1 aliphatic rings. The third-order valence-electron chi connectivity index (χ3n) is 5.90. The molecule has 3 N–H and O–H groups in total. The van der Waals surface area contributed by atoms with E-state index in [0.29, 0.717) is 22.5 Å². The van der Waals surface area contributed by atoms with Crippen molar-refractivity contribution in [3.63, 3.8) is 0 Å². The van der Waals surface area contributed by atoms with E-state index < -0.39 is 23.6 Å². The molecule has 1 atom stereocenters. The average molecular weight is 442 g/mol. The number of likely N-dealkylation sites (N-methyl/N-ethyl adjacent to an activating group) is 1. The molecule has 8 nitrogen and oxygen atoms in total. The van der Waals surface area contributed by atoms with Gasteiger partial charge in [0.15, 0.2) is 0 Å². The van der Waals surface area contributed by atoms with Crippen LogP contribution in [0.2, 0.25) is 0 Å². The van der Waals surface area contributed by atoms with E-state index in [4.69, 9.17) is 0 Å². The van der Waals surface area contributed by atoms with Crippen molar-refractivity contribution in [2.45, 2.75) is 39.7 Å². The molecule has 1 aromatic heterocycles. The zero-order valence-corrected chi connectivity index (χ0v) is 18.8. The van der Waals surface area contributed by atoms with Crippen molar-refractivity contribution in [1.82, 2.24) is 15.2 Å². The lowest BCUT2D eigenvalue weighted by molar-refractivity contribution is -0.127. The summed E-state index contributed by atoms with van der Waals surface area (Å²) in [5.41, 5.74) is 1.99. The van der Waals surface area contributed by atoms with Gasteiger partial charge in [-0.05, 0) is 68.9 Å². The molecule has 0 bridgehead atoms. The smallest absolute Gasteiger partial charge is 0.294 e. The van der Waals surface area contributed by atoms with Crippen LogP contribution < -0.4 is 16.0 Å². The van der Waals surface area contributed by atoms with Gasteiger partial charge in [-0.3, -0.25) is 19.2 Å². The molecule has 32 heavy (non-hydrogen) atoms. The molecule has 0 radical (unpaired) electrons. The van der Waals surface area contributed by atoms with Gasteiger partial charge in [0.1, 0.15) is 11.9 Å². The van der Waals surface area contributed by atoms with Crippen LogP contribution in [0.1, 0.15) is 50.5 Å². The van der Waals surface area contributed by atoms with Crippen LogP contribution in [0.3, 0.4) is 0 Å². The maximum absolute atomic E-state index is 13.5. The van der Waals surface area contributed by atoms with E-state index in [9.17, 15) is 23.6 Å². The van der Waals surface area contributed by atoms with E-state index >= 15 is 0 Å². The number of hydrogen-bond acceptors (Lipinski definition) is 4. The van der Waals surface area contributed by atoms with Crippen molar-refractivity contribution in [3.05, 3.63) is 52.1 Å². The Bertz CT molecular complexity index is 1120. The summed E-state index contributed by atoms with van der Waals surface area (Å²) in [5.74, 6) is -2.89. The predicted molar refractivity (Wildman–Crippen MR) is 117 cm³/mol. The van der Waals surface area contributed by atoms with E-state index in [2.05, 4.69) is 16.0 Å². The summed E-state index contributed by atoms with van der Waals surface area (Å²) in [5, 5.41) is 7.76. The third kappa shape index (κ3) is 4.42. The van der Waals surface area contributed by atoms with Crippen LogP contribution in [-0.2, 0) is 16.6 Å². The minimum Gasteiger partial charge on any atom is -0.357 e. The van der Waals surface area contributed by atoms with Gasteiger partial charge in [0.25, 0.3) is 17.6 Å². The molecule has 2 aromatic rings. The molecule has 0 spiro atoms. The van der Waals surface area contributed by atoms with Crippen LogP contribution >= 0.6 is 0 Å². The SMILES string of the molecule is CNC(=O)[C@@H](NC(=O)C(=O)c1c(C)c(C(=O)Nc2ccc(F)c(C)c2)c(C)n1C)C1CC1. The molecule has 9 heteroatoms. The summed E-state index contributed by atoms with van der Waals surface area (Å²) in [6, 6.07) is 3.46. The monoisotopic (exact) mass is 442 g/mol. The average Bonchev–Trinajstić information content (AvgIpc) is 3.55. The number of aryl methyl sites for hydroxylation is 1. The third-order valence-corrected chi connectivity index (χ3v) is 5.90. The van der Waals surface area contributed by atoms with Gasteiger partial charge in [0, 0.05) is 25.5 Å². The molecular weight excluding hydrogens is 415 g/mol. The summed E-state index contributed by atoms with van der Waals surface area (Å²) < 4.78 is 15.0. The molecule has 1 aliphatic carbocycles. The molecule has 3 amide bonds. The number of amides is 3. The van der Waals surface area contributed by atoms with Crippen molar-refractivity contribution in [1.29, 1.82) is 0 Å². The number of halogens is 1. The highest BCUT2D eigenvalue weighted by atomic mass is 19.1. The quantitative estimate of drug-likeness (QED) is 0.451. The highest BCUT2D eigenvalue weighted by Gasteiger charge is 2.38. The molecule has 1 saturated carbocycles. The second kappa shape index (κ2) is 8.94. The standard InChI is InChI=1S/C23H27FN4O4/c1-11-10-15(8-9-16(11)24)26-21(30)17-12(2)19(28(5)13(17)3)20(29)23(32)27-18(14-6-7-14)22(31)25-4/h8-10,14,18H,6-7H2,1-5H3,(H,25,31)(H,26,30)(H,27,32)/t18-/m0/s1. The zero-order chi connectivity index (χ0) is 23.7. The Morgan fingerprint density at radius 3 is 2.34 bits per heavy atom. The van der Waals surface area contributed by atoms with Gasteiger partial charge < -0.3 is 20.5 Å². The minimum absolute atomic E-state index is 0.0171. The first-order chi connectivity index (χ1) is 15.1. The van der Waals surface area contributed by atoms with Gasteiger partial charge in [0.05, 0.1) is 11.3 Å². The maximum Gasteiger partial charge on any atom is 0.294 e. The molecule has 0 unspecified atom stereocenters. The van der Waals surface area contributed by atoms with Crippen molar-refractivity contribution < 1.29 is 23.6 Å². The van der Waals surface area contributed by atoms with Crippen LogP contribution in [0.4, 0.5) is 10.1 Å². The Balaban J connectivity index is 1.85. The summed E-state index contributed by atoms with van der Waals surface area (Å²) >= 11 is 0. The molecule has 3 rings (SSSR count). The van der Waals surface area contributed by atoms with Gasteiger partial charge in [-0.25, -0.2) is 4.39 Å². The summed E-state index contributed by atoms with van der Waals surface area (Å²) in [7, 11) is 3.07. The number of carbonyl (C=O) groups is 4. The number of ketones is 1. The van der Waals surface area contributed by atoms with Gasteiger partial charge in [-0.15, -0.1) is 0 Å². The topological polar surface area (TPSA) is 109 Å². The number of aromatic nitrogens is 1. The number of anilines is 1. The molecule has 1 aromatic carbocycles. The van der Waals surface area contributed by atoms with Crippen molar-refractivity contribution in [2.75, 3.05) is 12.4 Å². The van der Waals surface area contributed by atoms with Gasteiger partial charge in [0.2, 0.25) is 5.91 Å². The largest absolute Gasteiger partial charge is 0.357 e. The van der Waals surface area contributed by atoms with Crippen LogP contribution in [0, 0.1) is 32.5 Å². The first-order valence-corrected chi connectivity index (χ1v) is 10.4. The van der Waals surface area contributed by atoms with Crippen molar-refractivity contribution in [2.24, 2.45) is 13.0 Å². The number of nitrogens with one attached hydrogen (secondary N) is 3. The molecule has 0 saturated heterocycles. The lowest BCUT2D eigenvalue weighted by atomic mass is 10.1. The van der Waals surface area contributed by atoms with Crippen LogP contribution in [-0.4, -0.2) is 41.2 Å². The van der Waals surface area contributed by atoms with Crippen LogP contribution in [0.25, 0.3) is 0 Å². The first kappa shape index (κ1) is 23.2. The predicted octanol–water partition coefficient (Wildman–Crippen LogP) is 2.17. The Morgan fingerprint density at radius 2 is 1.78 bits per heavy atom. The lowest BCUT2D eigenvalue weighted by Gasteiger charge is -2.16. The molecule has 1 heterocycles. The van der Waals surface area contributed by atoms with E-state index in [-0.39, 0.29) is 28.9 Å². The molecule has 170 valence electrons. The van der Waals surface area contributed by atoms with Gasteiger partial charge in [-0.2, -0.15) is 0 Å². The highest BCUT2D eigenvalue weighted by Crippen LogP contribution is 2.33. The number of benzene rings is 1. The molecule has 1 fully saturated rings. The lowest BCUT2D eigenvalue weighted by Crippen LogP contribution is -2.49. The second-order valence-electron chi connectivity index (χ2n) is 8.14. The zero-order valence-electron chi connectivity index (χ0n) is 18.8. The normalized spacial score (nSPS) is 13.9. The fourth-order valence-electron chi connectivity index (χ4n) is 3.85. The van der Waals surface area contributed by atoms with Gasteiger partial charge in [-0.1, -0.05) is 0 Å². The van der Waals surface area contributed by atoms with E-state index in [1.807, 2.05) is 0 Å². The number of hydrogen-bond donors (Lipinski definition) is 3. The fourth-order valence-corrected chi connectivity index (χ4v) is 3.85. The van der Waals surface area contributed by atoms with Crippen molar-refractivity contribution in [3.8, 4) is 0 Å². The van der Waals surface area contributed by atoms with Crippen LogP contribution in [0.15, 0.2) is 18.2 Å². The van der Waals surface area contributed by atoms with Gasteiger partial charge >= 0.3 is 0 Å². The van der Waals surface area contributed by atoms with E-state index in [0.717, 1.165) is 12.8 Å². The number of carbonyl (C=O) groups excluding carboxylic acids is 4. The summed E-state index contributed by atoms with van der Waals surface area (Å²) in [4.78, 5) is 50.6. The Morgan fingerprint density at radius 1 is 1.12 bits per heavy atom. The van der Waals surface area contributed by atoms with E-state index in [1.165, 1.54) is 29.8 Å². The Kier molecular flexibility index (Phi) is 6.47. The Hall–Kier alpha value is -3.49. The number of nitrogens with zero attached hydrogens (tertiary/aromatic N) is 1. The highest BCUT2D eigenvalue weighted by molar-refractivity contribution is 6.43. The summed E-state index contributed by atoms with van der Waals surface area (Å²) in [6.07, 6.45) is 1.62. The molecular formula is C23H27FN4O4. The van der Waals surface area contributed by atoms with Crippen molar-refractivity contribution >= 4 is 29.2 Å². The Labute approximate surface area is 185 Å². The summed E-state index contributed by atoms with van der Waals surface area (Å²) in [6.45, 7) is 4.85. The fraction of sp³-hybridized carbons (Fsp3) is 0.391. The second-order valence-corrected chi connectivity index (χ2v) is 8.14. The number of Topliss-reactive ketones (excluding diaryl/α,β-unsaturated/α-hetero) is 1. The molecule has 0 aliphatic heterocycles.